The molecule has 0 spiro atoms. The van der Waals surface area contributed by atoms with E-state index in [9.17, 15) is 18.0 Å². The topological polar surface area (TPSA) is 44.9 Å². The lowest BCUT2D eigenvalue weighted by Gasteiger charge is -2.19. The first-order valence-electron chi connectivity index (χ1n) is 9.92. The van der Waals surface area contributed by atoms with Crippen LogP contribution in [0.1, 0.15) is 54.4 Å². The molecule has 2 N–H and O–H groups in total. The van der Waals surface area contributed by atoms with Crippen molar-refractivity contribution in [3.05, 3.63) is 70.9 Å². The highest BCUT2D eigenvalue weighted by atomic mass is 19.4. The zero-order valence-electron chi connectivity index (χ0n) is 16.1. The Morgan fingerprint density at radius 1 is 1.21 bits per heavy atom. The Morgan fingerprint density at radius 2 is 1.97 bits per heavy atom. The number of carbonyl (C=O) groups excluding carboxylic acids is 1. The third-order valence-corrected chi connectivity index (χ3v) is 5.54. The monoisotopic (exact) mass is 400 g/mol. The first kappa shape index (κ1) is 19.6. The van der Waals surface area contributed by atoms with Crippen LogP contribution in [0.3, 0.4) is 0 Å². The van der Waals surface area contributed by atoms with Crippen molar-refractivity contribution in [2.45, 2.75) is 50.7 Å². The van der Waals surface area contributed by atoms with Gasteiger partial charge in [-0.25, -0.2) is 0 Å². The Balaban J connectivity index is 1.78. The third-order valence-electron chi connectivity index (χ3n) is 5.54. The maximum Gasteiger partial charge on any atom is 0.416 e. The highest BCUT2D eigenvalue weighted by molar-refractivity contribution is 5.88. The van der Waals surface area contributed by atoms with Crippen LogP contribution < -0.4 is 5.32 Å². The molecule has 1 fully saturated rings. The van der Waals surface area contributed by atoms with Crippen LogP contribution in [-0.2, 0) is 17.4 Å². The molecular weight excluding hydrogens is 377 g/mol. The molecule has 1 atom stereocenters. The van der Waals surface area contributed by atoms with Gasteiger partial charge in [-0.05, 0) is 42.0 Å². The number of alkyl halides is 3. The van der Waals surface area contributed by atoms with Gasteiger partial charge in [0.25, 0.3) is 0 Å². The fourth-order valence-electron chi connectivity index (χ4n) is 3.86. The van der Waals surface area contributed by atoms with Crippen LogP contribution in [0.25, 0.3) is 10.9 Å². The van der Waals surface area contributed by atoms with Gasteiger partial charge in [0.15, 0.2) is 0 Å². The van der Waals surface area contributed by atoms with Crippen molar-refractivity contribution in [3.8, 4) is 0 Å². The Hall–Kier alpha value is -2.76. The van der Waals surface area contributed by atoms with E-state index in [0.717, 1.165) is 53.4 Å². The Labute approximate surface area is 167 Å². The smallest absolute Gasteiger partial charge is 0.361 e. The number of nitrogens with one attached hydrogen (secondary N) is 2. The fraction of sp³-hybridized carbons (Fsp3) is 0.348. The molecule has 1 aliphatic carbocycles. The van der Waals surface area contributed by atoms with Crippen molar-refractivity contribution in [2.75, 3.05) is 0 Å². The van der Waals surface area contributed by atoms with Gasteiger partial charge >= 0.3 is 6.18 Å². The Kier molecular flexibility index (Phi) is 5.11. The summed E-state index contributed by atoms with van der Waals surface area (Å²) in [5, 5.41) is 3.91. The number of para-hydroxylation sites is 1. The van der Waals surface area contributed by atoms with E-state index in [0.29, 0.717) is 5.56 Å². The van der Waals surface area contributed by atoms with E-state index < -0.39 is 17.7 Å². The van der Waals surface area contributed by atoms with Crippen molar-refractivity contribution >= 4 is 16.8 Å². The van der Waals surface area contributed by atoms with Crippen LogP contribution in [0.15, 0.2) is 48.7 Å². The Morgan fingerprint density at radius 3 is 2.66 bits per heavy atom. The first-order chi connectivity index (χ1) is 13.9. The van der Waals surface area contributed by atoms with Crippen molar-refractivity contribution < 1.29 is 18.0 Å². The molecule has 1 heterocycles. The SMILES string of the molecule is CCc1cccc2c(C(CC(=O)NC3CC3)c3cccc(C(F)(F)F)c3)c[nH]c12. The fourth-order valence-corrected chi connectivity index (χ4v) is 3.86. The minimum Gasteiger partial charge on any atom is -0.361 e. The number of H-pyrrole nitrogens is 1. The lowest BCUT2D eigenvalue weighted by Crippen LogP contribution is -2.27. The molecule has 0 bridgehead atoms. The molecule has 4 rings (SSSR count). The molecule has 1 saturated carbocycles. The second-order valence-electron chi connectivity index (χ2n) is 7.66. The van der Waals surface area contributed by atoms with E-state index in [1.165, 1.54) is 6.07 Å². The summed E-state index contributed by atoms with van der Waals surface area (Å²) >= 11 is 0. The molecule has 1 aromatic heterocycles. The number of aromatic amines is 1. The van der Waals surface area contributed by atoms with Crippen molar-refractivity contribution in [1.29, 1.82) is 0 Å². The largest absolute Gasteiger partial charge is 0.416 e. The lowest BCUT2D eigenvalue weighted by molar-refractivity contribution is -0.137. The summed E-state index contributed by atoms with van der Waals surface area (Å²) in [4.78, 5) is 15.8. The third kappa shape index (κ3) is 4.16. The van der Waals surface area contributed by atoms with E-state index in [4.69, 9.17) is 0 Å². The average Bonchev–Trinajstić information content (AvgIpc) is 3.40. The number of hydrogen-bond donors (Lipinski definition) is 2. The van der Waals surface area contributed by atoms with Crippen LogP contribution in [0, 0.1) is 0 Å². The van der Waals surface area contributed by atoms with Gasteiger partial charge in [0.2, 0.25) is 5.91 Å². The molecule has 0 aliphatic heterocycles. The molecule has 152 valence electrons. The number of rotatable bonds is 6. The molecule has 6 heteroatoms. The highest BCUT2D eigenvalue weighted by Gasteiger charge is 2.32. The van der Waals surface area contributed by atoms with Gasteiger partial charge in [-0.3, -0.25) is 4.79 Å². The summed E-state index contributed by atoms with van der Waals surface area (Å²) in [5.41, 5.74) is 2.76. The van der Waals surface area contributed by atoms with Crippen LogP contribution in [0.4, 0.5) is 13.2 Å². The maximum absolute atomic E-state index is 13.3. The van der Waals surface area contributed by atoms with Crippen LogP contribution in [0.5, 0.6) is 0 Å². The molecule has 0 saturated heterocycles. The summed E-state index contributed by atoms with van der Waals surface area (Å²) in [6.07, 6.45) is 0.292. The van der Waals surface area contributed by atoms with Gasteiger partial charge in [0.05, 0.1) is 5.56 Å². The lowest BCUT2D eigenvalue weighted by atomic mass is 9.86. The van der Waals surface area contributed by atoms with E-state index in [-0.39, 0.29) is 18.4 Å². The summed E-state index contributed by atoms with van der Waals surface area (Å²) in [6, 6.07) is 11.5. The standard InChI is InChI=1S/C23H23F3N2O/c1-2-14-5-4-8-18-20(13-27-22(14)18)19(12-21(29)28-17-9-10-17)15-6-3-7-16(11-15)23(24,25)26/h3-8,11,13,17,19,27H,2,9-10,12H2,1H3,(H,28,29). The number of amides is 1. The second-order valence-corrected chi connectivity index (χ2v) is 7.66. The minimum atomic E-state index is -4.42. The zero-order chi connectivity index (χ0) is 20.6. The molecule has 0 radical (unpaired) electrons. The van der Waals surface area contributed by atoms with Gasteiger partial charge in [-0.15, -0.1) is 0 Å². The van der Waals surface area contributed by atoms with Crippen molar-refractivity contribution in [2.24, 2.45) is 0 Å². The molecule has 1 amide bonds. The number of aromatic nitrogens is 1. The average molecular weight is 400 g/mol. The zero-order valence-corrected chi connectivity index (χ0v) is 16.1. The summed E-state index contributed by atoms with van der Waals surface area (Å²) in [5.74, 6) is -0.590. The van der Waals surface area contributed by atoms with E-state index >= 15 is 0 Å². The second kappa shape index (κ2) is 7.58. The Bertz CT molecular complexity index is 1030. The summed E-state index contributed by atoms with van der Waals surface area (Å²) in [6.45, 7) is 2.06. The number of carbonyl (C=O) groups is 1. The van der Waals surface area contributed by atoms with Crippen LogP contribution in [0.2, 0.25) is 0 Å². The summed E-state index contributed by atoms with van der Waals surface area (Å²) < 4.78 is 39.8. The van der Waals surface area contributed by atoms with Gasteiger partial charge in [0, 0.05) is 35.5 Å². The van der Waals surface area contributed by atoms with Crippen LogP contribution in [-0.4, -0.2) is 16.9 Å². The van der Waals surface area contributed by atoms with E-state index in [1.807, 2.05) is 24.4 Å². The van der Waals surface area contributed by atoms with Crippen LogP contribution >= 0.6 is 0 Å². The number of benzene rings is 2. The molecule has 3 nitrogen and oxygen atoms in total. The molecule has 2 aromatic carbocycles. The maximum atomic E-state index is 13.3. The number of fused-ring (bicyclic) bond motifs is 1. The predicted octanol–water partition coefficient (Wildman–Crippen LogP) is 5.55. The molecule has 1 unspecified atom stereocenters. The normalized spacial score (nSPS) is 15.4. The van der Waals surface area contributed by atoms with Gasteiger partial charge in [-0.2, -0.15) is 13.2 Å². The highest BCUT2D eigenvalue weighted by Crippen LogP contribution is 2.37. The first-order valence-corrected chi connectivity index (χ1v) is 9.92. The number of hydrogen-bond acceptors (Lipinski definition) is 1. The molecular formula is C23H23F3N2O. The number of aryl methyl sites for hydroxylation is 1. The van der Waals surface area contributed by atoms with Gasteiger partial charge in [0.1, 0.15) is 0 Å². The molecule has 29 heavy (non-hydrogen) atoms. The van der Waals surface area contributed by atoms with Crippen molar-refractivity contribution in [1.82, 2.24) is 10.3 Å². The predicted molar refractivity (Wildman–Crippen MR) is 107 cm³/mol. The number of halogens is 3. The minimum absolute atomic E-state index is 0.112. The quantitative estimate of drug-likeness (QED) is 0.560. The van der Waals surface area contributed by atoms with E-state index in [2.05, 4.69) is 17.2 Å². The van der Waals surface area contributed by atoms with Gasteiger partial charge in [-0.1, -0.05) is 43.3 Å². The van der Waals surface area contributed by atoms with Crippen molar-refractivity contribution in [3.63, 3.8) is 0 Å². The summed E-state index contributed by atoms with van der Waals surface area (Å²) in [7, 11) is 0. The van der Waals surface area contributed by atoms with E-state index in [1.54, 1.807) is 6.07 Å². The molecule has 1 aliphatic rings. The van der Waals surface area contributed by atoms with Gasteiger partial charge < -0.3 is 10.3 Å². The molecule has 3 aromatic rings.